The highest BCUT2D eigenvalue weighted by atomic mass is 16.5. The molecule has 2 rings (SSSR count). The number of nitrogens with zero attached hydrogens (tertiary/aromatic N) is 1. The Balaban J connectivity index is 2.24. The maximum atomic E-state index is 12.5. The van der Waals surface area contributed by atoms with Crippen LogP contribution < -0.4 is 10.5 Å². The van der Waals surface area contributed by atoms with Crippen LogP contribution >= 0.6 is 0 Å². The molecule has 1 heterocycles. The molecule has 1 amide bonds. The first kappa shape index (κ1) is 13.7. The molecule has 1 aliphatic rings. The molecule has 5 heteroatoms. The molecule has 1 aromatic carbocycles. The summed E-state index contributed by atoms with van der Waals surface area (Å²) in [6, 6.07) is 4.76. The van der Waals surface area contributed by atoms with Gasteiger partial charge < -0.3 is 20.5 Å². The number of rotatable bonds is 3. The molecule has 2 unspecified atom stereocenters. The van der Waals surface area contributed by atoms with Crippen molar-refractivity contribution < 1.29 is 14.6 Å². The van der Waals surface area contributed by atoms with E-state index in [2.05, 4.69) is 6.92 Å². The fourth-order valence-electron chi connectivity index (χ4n) is 2.59. The van der Waals surface area contributed by atoms with E-state index in [1.54, 1.807) is 17.0 Å². The number of aromatic hydroxyl groups is 1. The Morgan fingerprint density at radius 1 is 1.58 bits per heavy atom. The van der Waals surface area contributed by atoms with E-state index in [1.807, 2.05) is 0 Å². The number of carbonyl (C=O) groups excluding carboxylic acids is 1. The smallest absolute Gasteiger partial charge is 0.257 e. The topological polar surface area (TPSA) is 75.8 Å². The van der Waals surface area contributed by atoms with Crippen LogP contribution in [0.2, 0.25) is 0 Å². The summed E-state index contributed by atoms with van der Waals surface area (Å²) in [5, 5.41) is 9.92. The molecule has 0 aliphatic carbocycles. The molecule has 0 saturated carbocycles. The van der Waals surface area contributed by atoms with Crippen LogP contribution in [0, 0.1) is 5.92 Å². The number of ether oxygens (including phenoxy) is 1. The average molecular weight is 264 g/mol. The highest BCUT2D eigenvalue weighted by Crippen LogP contribution is 2.29. The summed E-state index contributed by atoms with van der Waals surface area (Å²) in [5.74, 6) is 0.702. The predicted octanol–water partition coefficient (Wildman–Crippen LogP) is 1.21. The van der Waals surface area contributed by atoms with Gasteiger partial charge in [0, 0.05) is 25.2 Å². The Morgan fingerprint density at radius 2 is 2.32 bits per heavy atom. The summed E-state index contributed by atoms with van der Waals surface area (Å²) in [7, 11) is 1.52. The van der Waals surface area contributed by atoms with Crippen LogP contribution in [0.5, 0.6) is 11.5 Å². The monoisotopic (exact) mass is 264 g/mol. The number of phenols is 1. The maximum Gasteiger partial charge on any atom is 0.257 e. The second-order valence-corrected chi connectivity index (χ2v) is 4.95. The van der Waals surface area contributed by atoms with E-state index in [9.17, 15) is 9.90 Å². The summed E-state index contributed by atoms with van der Waals surface area (Å²) in [6.45, 7) is 3.23. The number of nitrogens with two attached hydrogens (primary N) is 1. The molecule has 0 bridgehead atoms. The number of carbonyl (C=O) groups is 1. The SMILES string of the molecule is COc1ccc(C(=O)N2CCC(C)C2CN)c(O)c1. The molecule has 0 spiro atoms. The molecule has 0 aromatic heterocycles. The van der Waals surface area contributed by atoms with Gasteiger partial charge in [0.1, 0.15) is 11.5 Å². The van der Waals surface area contributed by atoms with Crippen LogP contribution in [0.3, 0.4) is 0 Å². The van der Waals surface area contributed by atoms with Crippen molar-refractivity contribution in [3.05, 3.63) is 23.8 Å². The van der Waals surface area contributed by atoms with Crippen LogP contribution in [-0.4, -0.2) is 42.2 Å². The second-order valence-electron chi connectivity index (χ2n) is 4.95. The molecule has 1 aliphatic heterocycles. The Morgan fingerprint density at radius 3 is 2.89 bits per heavy atom. The van der Waals surface area contributed by atoms with Crippen LogP contribution in [-0.2, 0) is 0 Å². The fourth-order valence-corrected chi connectivity index (χ4v) is 2.59. The zero-order chi connectivity index (χ0) is 14.0. The van der Waals surface area contributed by atoms with Crippen molar-refractivity contribution in [1.82, 2.24) is 4.90 Å². The number of likely N-dealkylation sites (tertiary alicyclic amines) is 1. The summed E-state index contributed by atoms with van der Waals surface area (Å²) >= 11 is 0. The normalized spacial score (nSPS) is 22.6. The Hall–Kier alpha value is -1.75. The van der Waals surface area contributed by atoms with Gasteiger partial charge >= 0.3 is 0 Å². The molecular weight excluding hydrogens is 244 g/mol. The lowest BCUT2D eigenvalue weighted by atomic mass is 10.0. The summed E-state index contributed by atoms with van der Waals surface area (Å²) in [5.41, 5.74) is 6.04. The third-order valence-electron chi connectivity index (χ3n) is 3.82. The van der Waals surface area contributed by atoms with Crippen LogP contribution in [0.4, 0.5) is 0 Å². The van der Waals surface area contributed by atoms with Gasteiger partial charge in [-0.3, -0.25) is 4.79 Å². The number of hydrogen-bond acceptors (Lipinski definition) is 4. The standard InChI is InChI=1S/C14H20N2O3/c1-9-5-6-16(12(9)8-15)14(18)11-4-3-10(19-2)7-13(11)17/h3-4,7,9,12,17H,5-6,8,15H2,1-2H3. The van der Waals surface area contributed by atoms with E-state index in [-0.39, 0.29) is 17.7 Å². The minimum absolute atomic E-state index is 0.0500. The van der Waals surface area contributed by atoms with Crippen LogP contribution in [0.1, 0.15) is 23.7 Å². The molecule has 1 saturated heterocycles. The molecule has 0 radical (unpaired) electrons. The van der Waals surface area contributed by atoms with Gasteiger partial charge in [-0.2, -0.15) is 0 Å². The van der Waals surface area contributed by atoms with Crippen molar-refractivity contribution in [3.63, 3.8) is 0 Å². The molecular formula is C14H20N2O3. The average Bonchev–Trinajstić information content (AvgIpc) is 2.78. The molecule has 104 valence electrons. The third kappa shape index (κ3) is 2.51. The Labute approximate surface area is 113 Å². The van der Waals surface area contributed by atoms with E-state index in [1.165, 1.54) is 13.2 Å². The highest BCUT2D eigenvalue weighted by molar-refractivity contribution is 5.97. The number of methoxy groups -OCH3 is 1. The second kappa shape index (κ2) is 5.48. The van der Waals surface area contributed by atoms with Crippen molar-refractivity contribution in [1.29, 1.82) is 0 Å². The lowest BCUT2D eigenvalue weighted by Gasteiger charge is -2.26. The molecule has 1 fully saturated rings. The largest absolute Gasteiger partial charge is 0.507 e. The lowest BCUT2D eigenvalue weighted by molar-refractivity contribution is 0.0724. The summed E-state index contributed by atoms with van der Waals surface area (Å²) in [6.07, 6.45) is 0.949. The Kier molecular flexibility index (Phi) is 3.95. The maximum absolute atomic E-state index is 12.5. The third-order valence-corrected chi connectivity index (χ3v) is 3.82. The first-order chi connectivity index (χ1) is 9.08. The van der Waals surface area contributed by atoms with E-state index in [0.29, 0.717) is 30.3 Å². The van der Waals surface area contributed by atoms with Gasteiger partial charge in [0.2, 0.25) is 0 Å². The number of amides is 1. The van der Waals surface area contributed by atoms with Gasteiger partial charge in [-0.25, -0.2) is 0 Å². The van der Waals surface area contributed by atoms with Crippen LogP contribution in [0.15, 0.2) is 18.2 Å². The van der Waals surface area contributed by atoms with Crippen LogP contribution in [0.25, 0.3) is 0 Å². The summed E-state index contributed by atoms with van der Waals surface area (Å²) < 4.78 is 5.01. The first-order valence-electron chi connectivity index (χ1n) is 6.46. The number of hydrogen-bond donors (Lipinski definition) is 2. The van der Waals surface area contributed by atoms with Gasteiger partial charge in [0.05, 0.1) is 12.7 Å². The van der Waals surface area contributed by atoms with E-state index in [4.69, 9.17) is 10.5 Å². The number of benzene rings is 1. The molecule has 1 aromatic rings. The van der Waals surface area contributed by atoms with Crippen molar-refractivity contribution in [2.24, 2.45) is 11.7 Å². The molecule has 3 N–H and O–H groups in total. The fraction of sp³-hybridized carbons (Fsp3) is 0.500. The lowest BCUT2D eigenvalue weighted by Crippen LogP contribution is -2.42. The Bertz CT molecular complexity index is 476. The van der Waals surface area contributed by atoms with Gasteiger partial charge in [0.15, 0.2) is 0 Å². The zero-order valence-electron chi connectivity index (χ0n) is 11.3. The summed E-state index contributed by atoms with van der Waals surface area (Å²) in [4.78, 5) is 14.2. The molecule has 19 heavy (non-hydrogen) atoms. The van der Waals surface area contributed by atoms with E-state index < -0.39 is 0 Å². The minimum Gasteiger partial charge on any atom is -0.507 e. The first-order valence-corrected chi connectivity index (χ1v) is 6.46. The molecule has 5 nitrogen and oxygen atoms in total. The van der Waals surface area contributed by atoms with Crippen molar-refractivity contribution in [2.75, 3.05) is 20.2 Å². The van der Waals surface area contributed by atoms with Gasteiger partial charge in [-0.05, 0) is 24.5 Å². The highest BCUT2D eigenvalue weighted by Gasteiger charge is 2.34. The quantitative estimate of drug-likeness (QED) is 0.860. The van der Waals surface area contributed by atoms with Gasteiger partial charge in [0.25, 0.3) is 5.91 Å². The minimum atomic E-state index is -0.167. The molecule has 2 atom stereocenters. The number of phenolic OH excluding ortho intramolecular Hbond substituents is 1. The predicted molar refractivity (Wildman–Crippen MR) is 72.3 cm³/mol. The van der Waals surface area contributed by atoms with Crippen molar-refractivity contribution in [3.8, 4) is 11.5 Å². The van der Waals surface area contributed by atoms with Crippen molar-refractivity contribution in [2.45, 2.75) is 19.4 Å². The van der Waals surface area contributed by atoms with Gasteiger partial charge in [-0.1, -0.05) is 6.92 Å². The van der Waals surface area contributed by atoms with E-state index in [0.717, 1.165) is 6.42 Å². The van der Waals surface area contributed by atoms with Gasteiger partial charge in [-0.15, -0.1) is 0 Å². The zero-order valence-corrected chi connectivity index (χ0v) is 11.3. The van der Waals surface area contributed by atoms with E-state index >= 15 is 0 Å². The van der Waals surface area contributed by atoms with Crippen molar-refractivity contribution >= 4 is 5.91 Å².